The number of hydrogen-bond donors (Lipinski definition) is 0. The molecule has 1 aliphatic heterocycles. The molecule has 0 N–H and O–H groups in total. The number of aromatic nitrogens is 3. The van der Waals surface area contributed by atoms with E-state index in [0.29, 0.717) is 38.6 Å². The lowest BCUT2D eigenvalue weighted by molar-refractivity contribution is 0.0486. The number of allylic oxidation sites excluding steroid dienone is 1. The summed E-state index contributed by atoms with van der Waals surface area (Å²) in [6.45, 7) is 2.17. The van der Waals surface area contributed by atoms with E-state index >= 15 is 0 Å². The molecule has 0 atom stereocenters. The highest BCUT2D eigenvalue weighted by molar-refractivity contribution is 6.39. The zero-order valence-corrected chi connectivity index (χ0v) is 22.0. The van der Waals surface area contributed by atoms with Gasteiger partial charge in [0.15, 0.2) is 0 Å². The van der Waals surface area contributed by atoms with Gasteiger partial charge in [0.25, 0.3) is 0 Å². The van der Waals surface area contributed by atoms with Gasteiger partial charge in [0.2, 0.25) is 0 Å². The van der Waals surface area contributed by atoms with E-state index in [2.05, 4.69) is 50.4 Å². The number of halogens is 2. The summed E-state index contributed by atoms with van der Waals surface area (Å²) in [5.74, 6) is 2.79. The van der Waals surface area contributed by atoms with Crippen molar-refractivity contribution in [1.29, 1.82) is 0 Å². The number of anilines is 1. The summed E-state index contributed by atoms with van der Waals surface area (Å²) < 4.78 is 11.3. The fourth-order valence-corrected chi connectivity index (χ4v) is 6.58. The van der Waals surface area contributed by atoms with Crippen LogP contribution >= 0.6 is 23.2 Å². The average Bonchev–Trinajstić information content (AvgIpc) is 3.62. The molecular formula is C29H26Cl2N4O2. The second kappa shape index (κ2) is 8.74. The molecule has 4 heterocycles. The number of hydrogen-bond acceptors (Lipinski definition) is 6. The Hall–Kier alpha value is -3.09. The first-order chi connectivity index (χ1) is 18.0. The van der Waals surface area contributed by atoms with Crippen LogP contribution in [0.4, 0.5) is 5.69 Å². The molecule has 2 saturated carbocycles. The van der Waals surface area contributed by atoms with Gasteiger partial charge in [-0.05, 0) is 55.9 Å². The van der Waals surface area contributed by atoms with Gasteiger partial charge in [0.05, 0.1) is 22.7 Å². The molecule has 37 heavy (non-hydrogen) atoms. The SMILES string of the molecule is COc1ccnc2ccc(N3CC4(CC(/C=C/c5c(-c6c(Cl)cncc6Cl)noc5C5CC5)C4)C3)cc12. The van der Waals surface area contributed by atoms with E-state index < -0.39 is 0 Å². The van der Waals surface area contributed by atoms with Gasteiger partial charge < -0.3 is 14.2 Å². The lowest BCUT2D eigenvalue weighted by Crippen LogP contribution is -2.62. The van der Waals surface area contributed by atoms with Crippen molar-refractivity contribution in [2.45, 2.75) is 31.6 Å². The van der Waals surface area contributed by atoms with Crippen LogP contribution in [0.25, 0.3) is 28.2 Å². The highest BCUT2D eigenvalue weighted by Gasteiger charge is 2.51. The van der Waals surface area contributed by atoms with Gasteiger partial charge in [0, 0.05) is 65.2 Å². The Morgan fingerprint density at radius 2 is 1.89 bits per heavy atom. The van der Waals surface area contributed by atoms with Crippen LogP contribution in [-0.4, -0.2) is 35.3 Å². The number of methoxy groups -OCH3 is 1. The molecule has 188 valence electrons. The van der Waals surface area contributed by atoms with Crippen LogP contribution < -0.4 is 9.64 Å². The fraction of sp³-hybridized carbons (Fsp3) is 0.345. The zero-order chi connectivity index (χ0) is 25.1. The first-order valence-electron chi connectivity index (χ1n) is 12.7. The van der Waals surface area contributed by atoms with Crippen LogP contribution in [0.15, 0.2) is 53.5 Å². The number of pyridine rings is 2. The summed E-state index contributed by atoms with van der Waals surface area (Å²) in [4.78, 5) is 11.0. The molecule has 6 nitrogen and oxygen atoms in total. The number of ether oxygens (including phenoxy) is 1. The molecule has 1 aromatic carbocycles. The van der Waals surface area contributed by atoms with Crippen molar-refractivity contribution in [2.75, 3.05) is 25.1 Å². The van der Waals surface area contributed by atoms with Gasteiger partial charge in [-0.3, -0.25) is 9.97 Å². The van der Waals surface area contributed by atoms with E-state index in [1.165, 1.54) is 18.5 Å². The molecule has 2 aliphatic carbocycles. The van der Waals surface area contributed by atoms with Crippen LogP contribution in [-0.2, 0) is 0 Å². The summed E-state index contributed by atoms with van der Waals surface area (Å²) >= 11 is 12.9. The van der Waals surface area contributed by atoms with E-state index in [1.807, 2.05) is 6.07 Å². The largest absolute Gasteiger partial charge is 0.496 e. The minimum Gasteiger partial charge on any atom is -0.496 e. The van der Waals surface area contributed by atoms with E-state index in [-0.39, 0.29) is 0 Å². The van der Waals surface area contributed by atoms with Crippen molar-refractivity contribution < 1.29 is 9.26 Å². The minimum absolute atomic E-state index is 0.400. The standard InChI is InChI=1S/C29H26Cl2N4O2/c1-36-25-8-9-33-24-7-5-19(10-21(24)25)35-15-29(16-35)11-17(12-29)2-6-20-27(34-37-28(20)18-3-4-18)26-22(30)13-32-14-23(26)31/h2,5-10,13-14,17-18H,3-4,11-12,15-16H2,1H3/b6-2+. The molecule has 0 unspecified atom stereocenters. The number of nitrogens with zero attached hydrogens (tertiary/aromatic N) is 4. The van der Waals surface area contributed by atoms with Crippen LogP contribution in [0.1, 0.15) is 42.9 Å². The van der Waals surface area contributed by atoms with E-state index in [0.717, 1.165) is 53.9 Å². The maximum Gasteiger partial charge on any atom is 0.147 e. The monoisotopic (exact) mass is 532 g/mol. The number of benzene rings is 1. The van der Waals surface area contributed by atoms with Crippen molar-refractivity contribution in [3.05, 3.63) is 70.3 Å². The molecule has 1 spiro atoms. The maximum absolute atomic E-state index is 6.45. The highest BCUT2D eigenvalue weighted by Crippen LogP contribution is 2.54. The lowest BCUT2D eigenvalue weighted by Gasteiger charge is -2.59. The summed E-state index contributed by atoms with van der Waals surface area (Å²) in [5.41, 5.74) is 5.00. The molecule has 3 aromatic heterocycles. The Morgan fingerprint density at radius 3 is 2.62 bits per heavy atom. The Kier molecular flexibility index (Phi) is 5.45. The van der Waals surface area contributed by atoms with Crippen LogP contribution in [0.2, 0.25) is 10.0 Å². The van der Waals surface area contributed by atoms with Crippen molar-refractivity contribution in [2.24, 2.45) is 11.3 Å². The van der Waals surface area contributed by atoms with Gasteiger partial charge in [-0.25, -0.2) is 0 Å². The highest BCUT2D eigenvalue weighted by atomic mass is 35.5. The van der Waals surface area contributed by atoms with E-state index in [9.17, 15) is 0 Å². The molecule has 7 rings (SSSR count). The Bertz CT molecular complexity index is 1510. The molecule has 3 fully saturated rings. The molecule has 0 amide bonds. The zero-order valence-electron chi connectivity index (χ0n) is 20.5. The van der Waals surface area contributed by atoms with Crippen LogP contribution in [0, 0.1) is 11.3 Å². The normalized spacial score (nSPS) is 18.9. The van der Waals surface area contributed by atoms with Gasteiger partial charge in [-0.1, -0.05) is 40.5 Å². The molecule has 8 heteroatoms. The first-order valence-corrected chi connectivity index (χ1v) is 13.4. The van der Waals surface area contributed by atoms with Gasteiger partial charge >= 0.3 is 0 Å². The fourth-order valence-electron chi connectivity index (χ4n) is 6.04. The molecular weight excluding hydrogens is 507 g/mol. The maximum atomic E-state index is 6.45. The van der Waals surface area contributed by atoms with Gasteiger partial charge in [-0.15, -0.1) is 0 Å². The average molecular weight is 533 g/mol. The quantitative estimate of drug-likeness (QED) is 0.257. The molecule has 0 bridgehead atoms. The predicted molar refractivity (Wildman–Crippen MR) is 146 cm³/mol. The van der Waals surface area contributed by atoms with Gasteiger partial charge in [0.1, 0.15) is 17.2 Å². The van der Waals surface area contributed by atoms with Crippen molar-refractivity contribution in [3.63, 3.8) is 0 Å². The molecule has 1 saturated heterocycles. The molecule has 3 aliphatic rings. The lowest BCUT2D eigenvalue weighted by atomic mass is 9.57. The summed E-state index contributed by atoms with van der Waals surface area (Å²) in [6, 6.07) is 8.37. The van der Waals surface area contributed by atoms with E-state index in [4.69, 9.17) is 32.5 Å². The minimum atomic E-state index is 0.400. The molecule has 4 aromatic rings. The third kappa shape index (κ3) is 3.98. The second-order valence-corrected chi connectivity index (χ2v) is 11.5. The Labute approximate surface area is 225 Å². The summed E-state index contributed by atoms with van der Waals surface area (Å²) in [6.07, 6.45) is 14.1. The third-order valence-electron chi connectivity index (χ3n) is 8.04. The molecule has 0 radical (unpaired) electrons. The Morgan fingerprint density at radius 1 is 1.11 bits per heavy atom. The third-order valence-corrected chi connectivity index (χ3v) is 8.62. The van der Waals surface area contributed by atoms with Gasteiger partial charge in [-0.2, -0.15) is 0 Å². The van der Waals surface area contributed by atoms with Crippen molar-refractivity contribution in [1.82, 2.24) is 15.1 Å². The second-order valence-electron chi connectivity index (χ2n) is 10.7. The van der Waals surface area contributed by atoms with Crippen molar-refractivity contribution in [3.8, 4) is 17.0 Å². The van der Waals surface area contributed by atoms with E-state index in [1.54, 1.807) is 25.7 Å². The van der Waals surface area contributed by atoms with Crippen LogP contribution in [0.3, 0.4) is 0 Å². The number of fused-ring (bicyclic) bond motifs is 1. The first kappa shape index (κ1) is 23.1. The smallest absolute Gasteiger partial charge is 0.147 e. The summed E-state index contributed by atoms with van der Waals surface area (Å²) in [5, 5.41) is 6.41. The van der Waals surface area contributed by atoms with Crippen LogP contribution in [0.5, 0.6) is 5.75 Å². The van der Waals surface area contributed by atoms with Crippen molar-refractivity contribution >= 4 is 45.9 Å². The topological polar surface area (TPSA) is 64.3 Å². The predicted octanol–water partition coefficient (Wildman–Crippen LogP) is 7.41. The Balaban J connectivity index is 1.06. The summed E-state index contributed by atoms with van der Waals surface area (Å²) in [7, 11) is 1.71. The number of rotatable bonds is 6.